The highest BCUT2D eigenvalue weighted by atomic mass is 32.2. The summed E-state index contributed by atoms with van der Waals surface area (Å²) in [6.07, 6.45) is 1.43. The van der Waals surface area contributed by atoms with Gasteiger partial charge >= 0.3 is 7.60 Å². The number of pyridine rings is 1. The van der Waals surface area contributed by atoms with E-state index >= 15 is 0 Å². The zero-order valence-corrected chi connectivity index (χ0v) is 10.8. The van der Waals surface area contributed by atoms with Crippen LogP contribution < -0.4 is 10.9 Å². The van der Waals surface area contributed by atoms with Gasteiger partial charge in [0, 0.05) is 16.0 Å². The highest BCUT2D eigenvalue weighted by Crippen LogP contribution is 2.33. The van der Waals surface area contributed by atoms with E-state index in [2.05, 4.69) is 4.98 Å². The van der Waals surface area contributed by atoms with Crippen molar-refractivity contribution >= 4 is 24.7 Å². The molecule has 0 saturated carbocycles. The third kappa shape index (κ3) is 3.11. The van der Waals surface area contributed by atoms with E-state index in [9.17, 15) is 9.36 Å². The number of hydrogen-bond donors (Lipinski definition) is 3. The molecule has 0 atom stereocenters. The van der Waals surface area contributed by atoms with Gasteiger partial charge in [0.1, 0.15) is 5.30 Å². The topological polar surface area (TPSA) is 90.4 Å². The largest absolute Gasteiger partial charge is 0.361 e. The molecule has 7 heteroatoms. The molecule has 0 spiro atoms. The molecule has 94 valence electrons. The lowest BCUT2D eigenvalue weighted by Gasteiger charge is -2.05. The van der Waals surface area contributed by atoms with Crippen molar-refractivity contribution in [2.24, 2.45) is 0 Å². The minimum atomic E-state index is -4.54. The van der Waals surface area contributed by atoms with Crippen molar-refractivity contribution in [3.63, 3.8) is 0 Å². The Labute approximate surface area is 107 Å². The summed E-state index contributed by atoms with van der Waals surface area (Å²) in [7, 11) is -4.54. The van der Waals surface area contributed by atoms with Crippen molar-refractivity contribution in [1.82, 2.24) is 4.98 Å². The Morgan fingerprint density at radius 1 is 1.11 bits per heavy atom. The highest BCUT2D eigenvalue weighted by Gasteiger charge is 2.21. The monoisotopic (exact) mass is 283 g/mol. The van der Waals surface area contributed by atoms with E-state index in [4.69, 9.17) is 9.79 Å². The van der Waals surface area contributed by atoms with Gasteiger partial charge in [-0.3, -0.25) is 9.36 Å². The van der Waals surface area contributed by atoms with E-state index in [1.807, 2.05) is 30.3 Å². The lowest BCUT2D eigenvalue weighted by Crippen LogP contribution is -2.26. The van der Waals surface area contributed by atoms with Gasteiger partial charge in [-0.2, -0.15) is 0 Å². The standard InChI is InChI=1S/C11H10NO4PS/c13-11-10(17(14,15)16)6-9(7-12-11)18-8-4-2-1-3-5-8/h1-7H,(H,12,13)(H2,14,15,16). The normalized spacial score (nSPS) is 11.4. The van der Waals surface area contributed by atoms with Crippen LogP contribution in [0.4, 0.5) is 0 Å². The highest BCUT2D eigenvalue weighted by molar-refractivity contribution is 7.99. The zero-order chi connectivity index (χ0) is 13.2. The fourth-order valence-electron chi connectivity index (χ4n) is 1.35. The second-order valence-corrected chi connectivity index (χ2v) is 6.23. The van der Waals surface area contributed by atoms with Gasteiger partial charge in [0.2, 0.25) is 0 Å². The molecule has 2 aromatic rings. The Hall–Kier alpha value is -1.33. The van der Waals surface area contributed by atoms with Crippen LogP contribution in [0.2, 0.25) is 0 Å². The van der Waals surface area contributed by atoms with E-state index in [-0.39, 0.29) is 0 Å². The van der Waals surface area contributed by atoms with E-state index in [0.29, 0.717) is 4.90 Å². The maximum atomic E-state index is 11.3. The zero-order valence-electron chi connectivity index (χ0n) is 9.11. The number of nitrogens with one attached hydrogen (secondary N) is 1. The summed E-state index contributed by atoms with van der Waals surface area (Å²) in [6.45, 7) is 0. The molecule has 0 aliphatic carbocycles. The molecule has 0 unspecified atom stereocenters. The molecule has 0 aliphatic rings. The van der Waals surface area contributed by atoms with Crippen LogP contribution in [0.5, 0.6) is 0 Å². The number of aromatic nitrogens is 1. The molecule has 0 amide bonds. The van der Waals surface area contributed by atoms with Gasteiger partial charge < -0.3 is 14.8 Å². The Bertz CT molecular complexity index is 650. The molecule has 3 N–H and O–H groups in total. The van der Waals surface area contributed by atoms with Crippen LogP contribution in [0.3, 0.4) is 0 Å². The van der Waals surface area contributed by atoms with E-state index in [1.54, 1.807) is 0 Å². The van der Waals surface area contributed by atoms with Gasteiger partial charge in [-0.15, -0.1) is 0 Å². The minimum absolute atomic E-state index is 0.511. The molecule has 0 aliphatic heterocycles. The van der Waals surface area contributed by atoms with Crippen molar-refractivity contribution < 1.29 is 14.4 Å². The lowest BCUT2D eigenvalue weighted by atomic mass is 10.4. The summed E-state index contributed by atoms with van der Waals surface area (Å²) in [5, 5.41) is -0.511. The molecule has 2 rings (SSSR count). The smallest absolute Gasteiger partial charge is 0.327 e. The maximum Gasteiger partial charge on any atom is 0.361 e. The van der Waals surface area contributed by atoms with E-state index < -0.39 is 18.5 Å². The van der Waals surface area contributed by atoms with Crippen molar-refractivity contribution in [2.45, 2.75) is 9.79 Å². The second kappa shape index (κ2) is 5.12. The van der Waals surface area contributed by atoms with Crippen molar-refractivity contribution in [3.05, 3.63) is 52.9 Å². The van der Waals surface area contributed by atoms with Crippen LogP contribution in [0, 0.1) is 0 Å². The first-order valence-electron chi connectivity index (χ1n) is 4.98. The van der Waals surface area contributed by atoms with Gasteiger partial charge in [0.05, 0.1) is 0 Å². The molecule has 0 saturated heterocycles. The van der Waals surface area contributed by atoms with Crippen molar-refractivity contribution in [3.8, 4) is 0 Å². The van der Waals surface area contributed by atoms with Crippen LogP contribution in [0.1, 0.15) is 0 Å². The van der Waals surface area contributed by atoms with E-state index in [0.717, 1.165) is 4.90 Å². The average Bonchev–Trinajstić information content (AvgIpc) is 2.31. The van der Waals surface area contributed by atoms with Crippen LogP contribution in [-0.4, -0.2) is 14.8 Å². The molecular weight excluding hydrogens is 273 g/mol. The summed E-state index contributed by atoms with van der Waals surface area (Å²) in [6, 6.07) is 10.5. The van der Waals surface area contributed by atoms with Gasteiger partial charge in [-0.05, 0) is 18.2 Å². The Balaban J connectivity index is 2.37. The molecular formula is C11H10NO4PS. The third-order valence-electron chi connectivity index (χ3n) is 2.15. The second-order valence-electron chi connectivity index (χ2n) is 3.51. The Morgan fingerprint density at radius 2 is 1.78 bits per heavy atom. The number of benzene rings is 1. The molecule has 1 aromatic heterocycles. The Kier molecular flexibility index (Phi) is 3.73. The van der Waals surface area contributed by atoms with Gasteiger partial charge in [-0.1, -0.05) is 30.0 Å². The summed E-state index contributed by atoms with van der Waals surface area (Å²) < 4.78 is 11.1. The fraction of sp³-hybridized carbons (Fsp3) is 0. The maximum absolute atomic E-state index is 11.3. The summed E-state index contributed by atoms with van der Waals surface area (Å²) in [4.78, 5) is 33.2. The van der Waals surface area contributed by atoms with Crippen LogP contribution in [0.25, 0.3) is 0 Å². The first-order valence-corrected chi connectivity index (χ1v) is 7.41. The van der Waals surface area contributed by atoms with Crippen LogP contribution in [0.15, 0.2) is 57.2 Å². The SMILES string of the molecule is O=c1[nH]cc(Sc2ccccc2)cc1P(=O)(O)O. The average molecular weight is 283 g/mol. The lowest BCUT2D eigenvalue weighted by molar-refractivity contribution is 0.387. The van der Waals surface area contributed by atoms with Gasteiger partial charge in [-0.25, -0.2) is 0 Å². The predicted octanol–water partition coefficient (Wildman–Crippen LogP) is 1.33. The molecule has 18 heavy (non-hydrogen) atoms. The first kappa shape index (κ1) is 13.1. The van der Waals surface area contributed by atoms with Gasteiger partial charge in [0.15, 0.2) is 0 Å². The van der Waals surface area contributed by atoms with Crippen LogP contribution in [-0.2, 0) is 4.57 Å². The summed E-state index contributed by atoms with van der Waals surface area (Å²) in [5.41, 5.74) is -0.763. The number of H-pyrrole nitrogens is 1. The third-order valence-corrected chi connectivity index (χ3v) is 4.09. The molecule has 0 bridgehead atoms. The predicted molar refractivity (Wildman–Crippen MR) is 69.3 cm³/mol. The molecule has 0 fully saturated rings. The van der Waals surface area contributed by atoms with Crippen molar-refractivity contribution in [1.29, 1.82) is 0 Å². The Morgan fingerprint density at radius 3 is 2.39 bits per heavy atom. The number of aromatic amines is 1. The number of rotatable bonds is 3. The van der Waals surface area contributed by atoms with E-state index in [1.165, 1.54) is 24.0 Å². The summed E-state index contributed by atoms with van der Waals surface area (Å²) in [5.74, 6) is 0. The minimum Gasteiger partial charge on any atom is -0.327 e. The first-order chi connectivity index (χ1) is 8.47. The molecule has 1 heterocycles. The molecule has 1 aromatic carbocycles. The molecule has 0 radical (unpaired) electrons. The number of hydrogen-bond acceptors (Lipinski definition) is 3. The quantitative estimate of drug-likeness (QED) is 0.739. The summed E-state index contributed by atoms with van der Waals surface area (Å²) >= 11 is 1.31. The molecule has 5 nitrogen and oxygen atoms in total. The fourth-order valence-corrected chi connectivity index (χ4v) is 2.94. The van der Waals surface area contributed by atoms with Crippen LogP contribution >= 0.6 is 19.4 Å². The van der Waals surface area contributed by atoms with Crippen molar-refractivity contribution in [2.75, 3.05) is 0 Å². The van der Waals surface area contributed by atoms with Gasteiger partial charge in [0.25, 0.3) is 5.56 Å².